The van der Waals surface area contributed by atoms with Crippen LogP contribution in [0.1, 0.15) is 164 Å². The molecule has 34 heteroatoms. The number of halogens is 2. The fourth-order valence-electron chi connectivity index (χ4n) is 14.7. The predicted octanol–water partition coefficient (Wildman–Crippen LogP) is 7.93. The molecule has 648 valence electrons. The Kier molecular flexibility index (Phi) is 33.4. The maximum Gasteiger partial charge on any atom is 0.407 e. The molecule has 8 bridgehead atoms. The summed E-state index contributed by atoms with van der Waals surface area (Å²) in [6, 6.07) is 5.64. The predicted molar refractivity (Wildman–Crippen MR) is 429 cm³/mol. The van der Waals surface area contributed by atoms with Gasteiger partial charge in [-0.05, 0) is 137 Å². The molecule has 7 aliphatic heterocycles. The molecule has 0 spiro atoms. The maximum absolute atomic E-state index is 14.1. The summed E-state index contributed by atoms with van der Waals surface area (Å²) < 4.78 is 63.4. The summed E-state index contributed by atoms with van der Waals surface area (Å²) >= 11 is 13.4. The number of alkyl carbamates (subject to hydrolysis) is 1. The monoisotopic (exact) mass is 1680 g/mol. The van der Waals surface area contributed by atoms with Gasteiger partial charge in [0, 0.05) is 92.3 Å². The summed E-state index contributed by atoms with van der Waals surface area (Å²) in [7, 11) is 12.3. The highest BCUT2D eigenvalue weighted by atomic mass is 35.5. The molecule has 16 atom stereocenters. The normalized spacial score (nSPS) is 30.1. The van der Waals surface area contributed by atoms with Crippen molar-refractivity contribution in [1.29, 1.82) is 0 Å². The number of hydrogen-bond acceptors (Lipinski definition) is 27. The standard InChI is InChI=1S/C37H52ClN3O10.C33H45ClN2O9.C13H20N2O6/c1-21-11-9-12-28(48-8)37(46)19-27(49-32(44)20-37)22(2)34-36(4,51-34)29(50-35(45)23(3)40(5)30(42)13-10-14-39)18-31(43)41(6)25-16-24(15-21)17-26(47-7)33(25)38;1-18-10-9-11-25(42-8)33(40)16-24(43-28(38)17-33)19(2)30-32(4,45-30)26(44-31(39)20(3)35-5)15-27(37)36(6)22-13-21(12-18)14-23(41-7)29(22)34;1-13(2,3)20-12(19)14-8-4-5-11(18)21-15-9(16)6-7-10(15)17/h9,11-12,16-17,22-23,27-29,34,46H,10,13-15,18-20,39H2,1-8H3;9-11,13-14,19-20,24-26,30,35,40H,12,15-17H2,1-8H3;4-8H2,1-3H3,(H,14,19)/b12-9+,21-11+;11-9+,18-10+;/t22-,23+,27+,28-,29+,34+,36+,37-;19-,20+,24+,25-,26+,30+,32+,33-;/m11./s1. The van der Waals surface area contributed by atoms with Crippen LogP contribution in [0.15, 0.2) is 71.9 Å². The smallest absolute Gasteiger partial charge is 0.407 e. The number of aliphatic hydroxyl groups is 2. The molecule has 7 aliphatic rings. The van der Waals surface area contributed by atoms with Gasteiger partial charge in [-0.1, -0.05) is 84.7 Å². The SMILES string of the molecule is CC(C)(C)OC(=O)NCCCC(=O)ON1C(=O)CCC1=O.CN[C@@H](C)C(=O)O[C@H]1CC(=O)N(C)c2cc(cc(OC)c2Cl)C/C(C)=C/C=C/[C@@H](OC)[C@]2(O)CC(=O)O[C@@H](C2)[C@@H](C)[C@@H]2O[C@@]12C.COc1cc2cc(c1Cl)N(C)C(=O)C[C@H](OC(=O)[C@H](C)N(C)C(=O)CCCN)[C@]1(C)O[C@H]1[C@H](C)[C@@H]1C[C@@](O)(CC(=O)O1)[C@H](OC)/C=C/C=C(\C)C2. The molecule has 5 fully saturated rings. The van der Waals surface area contributed by atoms with Gasteiger partial charge >= 0.3 is 35.9 Å². The van der Waals surface area contributed by atoms with Crippen molar-refractivity contribution in [2.75, 3.05) is 79.5 Å². The van der Waals surface area contributed by atoms with Crippen molar-refractivity contribution in [2.45, 2.75) is 255 Å². The summed E-state index contributed by atoms with van der Waals surface area (Å²) in [4.78, 5) is 147. The lowest BCUT2D eigenvalue weighted by atomic mass is 9.78. The molecule has 7 heterocycles. The number of carbonyl (C=O) groups is 11. The van der Waals surface area contributed by atoms with Crippen LogP contribution in [-0.4, -0.2) is 244 Å². The molecule has 0 saturated carbocycles. The van der Waals surface area contributed by atoms with E-state index in [9.17, 15) is 63.0 Å². The Labute approximate surface area is 693 Å². The molecule has 0 radical (unpaired) electrons. The number of ether oxygens (including phenoxy) is 11. The van der Waals surface area contributed by atoms with Crippen molar-refractivity contribution >= 4 is 100 Å². The highest BCUT2D eigenvalue weighted by molar-refractivity contribution is 6.36. The van der Waals surface area contributed by atoms with Crippen LogP contribution < -0.4 is 35.6 Å². The fraction of sp³-hybridized carbons (Fsp3) is 0.627. The summed E-state index contributed by atoms with van der Waals surface area (Å²) in [6.07, 6.45) is 5.03. The number of methoxy groups -OCH3 is 4. The summed E-state index contributed by atoms with van der Waals surface area (Å²) in [6.45, 7) is 20.1. The minimum Gasteiger partial charge on any atom is -0.495 e. The van der Waals surface area contributed by atoms with E-state index in [1.165, 1.54) is 50.2 Å². The average Bonchev–Trinajstić information content (AvgIpc) is 1.58. The van der Waals surface area contributed by atoms with E-state index < -0.39 is 154 Å². The molecule has 2 aromatic carbocycles. The van der Waals surface area contributed by atoms with E-state index in [2.05, 4.69) is 15.5 Å². The molecule has 2 aromatic rings. The van der Waals surface area contributed by atoms with Gasteiger partial charge in [-0.15, -0.1) is 5.06 Å². The molecule has 0 aromatic heterocycles. The number of fused-ring (bicyclic) bond motifs is 10. The van der Waals surface area contributed by atoms with Crippen LogP contribution in [0, 0.1) is 11.8 Å². The number of hydrogen-bond donors (Lipinski definition) is 5. The number of esters is 4. The minimum absolute atomic E-state index is 0.0210. The van der Waals surface area contributed by atoms with Crippen LogP contribution >= 0.6 is 23.2 Å². The Hall–Kier alpha value is -8.57. The zero-order valence-corrected chi connectivity index (χ0v) is 71.9. The first-order chi connectivity index (χ1) is 54.8. The third kappa shape index (κ3) is 24.6. The van der Waals surface area contributed by atoms with Crippen LogP contribution in [0.2, 0.25) is 10.0 Å². The molecule has 5 saturated heterocycles. The van der Waals surface area contributed by atoms with Crippen LogP contribution in [-0.2, 0) is 108 Å². The molecule has 9 rings (SSSR count). The molecule has 6 N–H and O–H groups in total. The first-order valence-electron chi connectivity index (χ1n) is 39.1. The number of amides is 6. The molecule has 6 amide bonds. The number of anilines is 2. The van der Waals surface area contributed by atoms with Gasteiger partial charge in [0.15, 0.2) is 0 Å². The van der Waals surface area contributed by atoms with Gasteiger partial charge in [-0.2, -0.15) is 0 Å². The van der Waals surface area contributed by atoms with Gasteiger partial charge in [0.25, 0.3) is 11.8 Å². The van der Waals surface area contributed by atoms with E-state index in [-0.39, 0.29) is 92.6 Å². The second-order valence-electron chi connectivity index (χ2n) is 32.2. The minimum atomic E-state index is -1.57. The van der Waals surface area contributed by atoms with Crippen molar-refractivity contribution in [1.82, 2.24) is 20.6 Å². The Morgan fingerprint density at radius 2 is 1.11 bits per heavy atom. The highest BCUT2D eigenvalue weighted by Gasteiger charge is 2.66. The zero-order chi connectivity index (χ0) is 87.1. The Morgan fingerprint density at radius 3 is 1.51 bits per heavy atom. The van der Waals surface area contributed by atoms with Gasteiger partial charge < -0.3 is 98.2 Å². The molecule has 32 nitrogen and oxygen atoms in total. The first-order valence-corrected chi connectivity index (χ1v) is 39.9. The van der Waals surface area contributed by atoms with E-state index in [0.29, 0.717) is 60.2 Å². The number of carbonyl (C=O) groups excluding carboxylic acids is 11. The van der Waals surface area contributed by atoms with Crippen molar-refractivity contribution in [3.05, 3.63) is 93.0 Å². The molecular formula is C83H117Cl2N7O25. The third-order valence-electron chi connectivity index (χ3n) is 22.1. The second-order valence-corrected chi connectivity index (χ2v) is 33.0. The van der Waals surface area contributed by atoms with Crippen molar-refractivity contribution in [2.24, 2.45) is 17.6 Å². The Morgan fingerprint density at radius 1 is 0.675 bits per heavy atom. The third-order valence-corrected chi connectivity index (χ3v) is 22.8. The fourth-order valence-corrected chi connectivity index (χ4v) is 15.3. The first kappa shape index (κ1) is 95.6. The maximum atomic E-state index is 14.1. The molecule has 117 heavy (non-hydrogen) atoms. The molecular weight excluding hydrogens is 1570 g/mol. The largest absolute Gasteiger partial charge is 0.495 e. The van der Waals surface area contributed by atoms with Crippen LogP contribution in [0.4, 0.5) is 16.2 Å². The number of benzene rings is 2. The lowest BCUT2D eigenvalue weighted by molar-refractivity contribution is -0.197. The number of epoxide rings is 2. The lowest BCUT2D eigenvalue weighted by Gasteiger charge is -2.41. The quantitative estimate of drug-likeness (QED) is 0.0311. The summed E-state index contributed by atoms with van der Waals surface area (Å²) in [5, 5.41) is 29.9. The topological polar surface area (TPSA) is 409 Å². The number of nitrogens with one attached hydrogen (secondary N) is 2. The summed E-state index contributed by atoms with van der Waals surface area (Å²) in [5.74, 6) is -5.29. The molecule has 0 unspecified atom stereocenters. The number of hydroxylamine groups is 2. The van der Waals surface area contributed by atoms with Crippen molar-refractivity contribution in [3.63, 3.8) is 0 Å². The highest BCUT2D eigenvalue weighted by Crippen LogP contribution is 2.52. The van der Waals surface area contributed by atoms with Gasteiger partial charge in [-0.3, -0.25) is 38.4 Å². The van der Waals surface area contributed by atoms with Crippen LogP contribution in [0.3, 0.4) is 0 Å². The second kappa shape index (κ2) is 40.9. The Balaban J connectivity index is 0.000000262. The van der Waals surface area contributed by atoms with E-state index in [1.807, 2.05) is 52.0 Å². The van der Waals surface area contributed by atoms with Gasteiger partial charge in [0.2, 0.25) is 17.7 Å². The van der Waals surface area contributed by atoms with E-state index in [4.69, 9.17) is 81.0 Å². The van der Waals surface area contributed by atoms with E-state index in [0.717, 1.165) is 22.3 Å². The number of rotatable bonds is 18. The molecule has 0 aliphatic carbocycles. The van der Waals surface area contributed by atoms with Gasteiger partial charge in [-0.25, -0.2) is 14.4 Å². The number of imide groups is 1. The number of nitrogens with zero attached hydrogens (tertiary/aromatic N) is 4. The lowest BCUT2D eigenvalue weighted by Crippen LogP contribution is -2.53. The number of allylic oxidation sites excluding steroid dienone is 6. The van der Waals surface area contributed by atoms with Crippen LogP contribution in [0.25, 0.3) is 0 Å². The van der Waals surface area contributed by atoms with Crippen LogP contribution in [0.5, 0.6) is 11.5 Å². The summed E-state index contributed by atoms with van der Waals surface area (Å²) in [5.41, 5.74) is 4.04. The van der Waals surface area contributed by atoms with Crippen molar-refractivity contribution in [3.8, 4) is 11.5 Å². The zero-order valence-electron chi connectivity index (χ0n) is 70.4. The van der Waals surface area contributed by atoms with Crippen molar-refractivity contribution < 1.29 is 120 Å². The van der Waals surface area contributed by atoms with E-state index in [1.54, 1.807) is 106 Å². The number of nitrogens with two attached hydrogens (primary N) is 1. The van der Waals surface area contributed by atoms with Gasteiger partial charge in [0.1, 0.15) is 98.3 Å². The number of likely N-dealkylation sites (N-methyl/N-ethyl adjacent to an activating group) is 2. The van der Waals surface area contributed by atoms with E-state index >= 15 is 0 Å². The average molecular weight is 1680 g/mol. The Bertz CT molecular complexity index is 4090. The van der Waals surface area contributed by atoms with Gasteiger partial charge in [0.05, 0.1) is 63.5 Å².